The third kappa shape index (κ3) is 3.74. The van der Waals surface area contributed by atoms with Gasteiger partial charge in [0.25, 0.3) is 0 Å². The Balaban J connectivity index is 1.88. The highest BCUT2D eigenvalue weighted by atomic mass is 19.4. The van der Waals surface area contributed by atoms with Gasteiger partial charge in [0.1, 0.15) is 17.9 Å². The van der Waals surface area contributed by atoms with Crippen LogP contribution in [0.4, 0.5) is 13.2 Å². The molecule has 0 aliphatic heterocycles. The van der Waals surface area contributed by atoms with Crippen LogP contribution in [0.1, 0.15) is 16.7 Å². The van der Waals surface area contributed by atoms with E-state index in [9.17, 15) is 18.0 Å². The van der Waals surface area contributed by atoms with E-state index in [-0.39, 0.29) is 17.6 Å². The minimum Gasteiger partial charge on any atom is -0.489 e. The van der Waals surface area contributed by atoms with Crippen molar-refractivity contribution in [1.82, 2.24) is 0 Å². The number of ether oxygens (including phenoxy) is 1. The Morgan fingerprint density at radius 2 is 1.80 bits per heavy atom. The summed E-state index contributed by atoms with van der Waals surface area (Å²) < 4.78 is 49.5. The van der Waals surface area contributed by atoms with Crippen LogP contribution < -0.4 is 10.4 Å². The smallest absolute Gasteiger partial charge is 0.417 e. The molecule has 3 aromatic rings. The second-order valence-corrected chi connectivity index (χ2v) is 5.37. The number of rotatable bonds is 4. The van der Waals surface area contributed by atoms with Crippen molar-refractivity contribution in [2.24, 2.45) is 0 Å². The van der Waals surface area contributed by atoms with Crippen molar-refractivity contribution in [2.75, 3.05) is 0 Å². The van der Waals surface area contributed by atoms with Crippen molar-refractivity contribution in [3.05, 3.63) is 82.2 Å². The molecule has 0 saturated carbocycles. The van der Waals surface area contributed by atoms with E-state index in [1.807, 2.05) is 24.3 Å². The van der Waals surface area contributed by atoms with Crippen LogP contribution in [-0.2, 0) is 12.8 Å². The van der Waals surface area contributed by atoms with E-state index >= 15 is 0 Å². The zero-order valence-corrected chi connectivity index (χ0v) is 13.0. The Hall–Kier alpha value is -3.02. The molecule has 0 unspecified atom stereocenters. The predicted molar refractivity (Wildman–Crippen MR) is 88.4 cm³/mol. The van der Waals surface area contributed by atoms with Crippen molar-refractivity contribution in [3.8, 4) is 5.75 Å². The lowest BCUT2D eigenvalue weighted by molar-refractivity contribution is -0.136. The molecule has 0 amide bonds. The van der Waals surface area contributed by atoms with Gasteiger partial charge in [0.2, 0.25) is 0 Å². The quantitative estimate of drug-likeness (QED) is 0.622. The van der Waals surface area contributed by atoms with Crippen molar-refractivity contribution in [2.45, 2.75) is 12.8 Å². The van der Waals surface area contributed by atoms with E-state index in [1.165, 1.54) is 18.2 Å². The summed E-state index contributed by atoms with van der Waals surface area (Å²) >= 11 is 0. The molecule has 0 aliphatic rings. The molecular formula is C19H13F3O3. The summed E-state index contributed by atoms with van der Waals surface area (Å²) in [6.07, 6.45) is -2.92. The Labute approximate surface area is 141 Å². The van der Waals surface area contributed by atoms with Gasteiger partial charge >= 0.3 is 11.8 Å². The topological polar surface area (TPSA) is 39.4 Å². The van der Waals surface area contributed by atoms with Gasteiger partial charge in [-0.05, 0) is 23.3 Å². The first-order chi connectivity index (χ1) is 11.9. The van der Waals surface area contributed by atoms with Crippen LogP contribution in [0.2, 0.25) is 0 Å². The van der Waals surface area contributed by atoms with E-state index in [2.05, 4.69) is 6.58 Å². The summed E-state index contributed by atoms with van der Waals surface area (Å²) in [5.41, 5.74) is -0.395. The molecule has 1 aromatic heterocycles. The minimum absolute atomic E-state index is 0.167. The lowest BCUT2D eigenvalue weighted by Gasteiger charge is -2.11. The van der Waals surface area contributed by atoms with Gasteiger partial charge in [-0.3, -0.25) is 0 Å². The van der Waals surface area contributed by atoms with Gasteiger partial charge < -0.3 is 9.15 Å². The van der Waals surface area contributed by atoms with Crippen molar-refractivity contribution >= 4 is 17.0 Å². The summed E-state index contributed by atoms with van der Waals surface area (Å²) in [6, 6.07) is 11.8. The Morgan fingerprint density at radius 1 is 1.08 bits per heavy atom. The maximum absolute atomic E-state index is 13.0. The third-order valence-electron chi connectivity index (χ3n) is 3.64. The number of hydrogen-bond donors (Lipinski definition) is 0. The third-order valence-corrected chi connectivity index (χ3v) is 3.64. The number of alkyl halides is 3. The Kier molecular flexibility index (Phi) is 4.35. The normalized spacial score (nSPS) is 11.5. The molecule has 3 rings (SSSR count). The molecule has 2 aromatic carbocycles. The molecule has 0 saturated heterocycles. The van der Waals surface area contributed by atoms with Crippen LogP contribution in [-0.4, -0.2) is 0 Å². The highest BCUT2D eigenvalue weighted by Gasteiger charge is 2.33. The molecule has 0 bridgehead atoms. The predicted octanol–water partition coefficient (Wildman–Crippen LogP) is 5.03. The van der Waals surface area contributed by atoms with Gasteiger partial charge in [-0.2, -0.15) is 13.2 Å². The molecule has 0 N–H and O–H groups in total. The molecule has 3 nitrogen and oxygen atoms in total. The summed E-state index contributed by atoms with van der Waals surface area (Å²) in [6.45, 7) is 3.90. The van der Waals surface area contributed by atoms with Crippen molar-refractivity contribution < 1.29 is 22.3 Å². The summed E-state index contributed by atoms with van der Waals surface area (Å²) in [4.78, 5) is 11.4. The molecule has 0 spiro atoms. The van der Waals surface area contributed by atoms with Gasteiger partial charge in [-0.1, -0.05) is 36.9 Å². The molecule has 0 fully saturated rings. The molecule has 6 heteroatoms. The van der Waals surface area contributed by atoms with E-state index in [0.717, 1.165) is 11.1 Å². The number of hydrogen-bond acceptors (Lipinski definition) is 3. The Bertz CT molecular complexity index is 970. The average molecular weight is 346 g/mol. The molecule has 0 aliphatic carbocycles. The first-order valence-electron chi connectivity index (χ1n) is 7.36. The number of benzene rings is 2. The van der Waals surface area contributed by atoms with Crippen LogP contribution in [0, 0.1) is 0 Å². The fraction of sp³-hybridized carbons (Fsp3) is 0.105. The highest BCUT2D eigenvalue weighted by molar-refractivity contribution is 5.82. The van der Waals surface area contributed by atoms with E-state index < -0.39 is 17.4 Å². The summed E-state index contributed by atoms with van der Waals surface area (Å²) in [7, 11) is 0. The second-order valence-electron chi connectivity index (χ2n) is 5.37. The molecule has 25 heavy (non-hydrogen) atoms. The lowest BCUT2D eigenvalue weighted by atomic mass is 10.1. The zero-order valence-electron chi connectivity index (χ0n) is 13.0. The monoisotopic (exact) mass is 346 g/mol. The lowest BCUT2D eigenvalue weighted by Crippen LogP contribution is -2.11. The van der Waals surface area contributed by atoms with E-state index in [1.54, 1.807) is 6.08 Å². The van der Waals surface area contributed by atoms with Crippen molar-refractivity contribution in [1.29, 1.82) is 0 Å². The second kappa shape index (κ2) is 6.47. The van der Waals surface area contributed by atoms with Gasteiger partial charge in [0, 0.05) is 17.5 Å². The standard InChI is InChI=1S/C19H13F3O3/c1-2-12-3-5-13(6-4-12)11-24-14-7-8-15-16(19(20,21)22)10-18(23)25-17(15)9-14/h2-10H,1,11H2. The van der Waals surface area contributed by atoms with Crippen LogP contribution in [0.3, 0.4) is 0 Å². The SMILES string of the molecule is C=Cc1ccc(COc2ccc3c(C(F)(F)F)cc(=O)oc3c2)cc1. The van der Waals surface area contributed by atoms with Gasteiger partial charge in [0.15, 0.2) is 0 Å². The van der Waals surface area contributed by atoms with Crippen LogP contribution in [0.15, 0.2) is 64.3 Å². The maximum Gasteiger partial charge on any atom is 0.417 e. The molecule has 0 radical (unpaired) electrons. The molecule has 0 atom stereocenters. The number of fused-ring (bicyclic) bond motifs is 1. The van der Waals surface area contributed by atoms with Gasteiger partial charge in [-0.15, -0.1) is 0 Å². The minimum atomic E-state index is -4.64. The maximum atomic E-state index is 13.0. The first kappa shape index (κ1) is 16.8. The van der Waals surface area contributed by atoms with Crippen LogP contribution in [0.5, 0.6) is 5.75 Å². The average Bonchev–Trinajstić information content (AvgIpc) is 2.58. The van der Waals surface area contributed by atoms with E-state index in [4.69, 9.17) is 9.15 Å². The zero-order chi connectivity index (χ0) is 18.0. The van der Waals surface area contributed by atoms with Gasteiger partial charge in [-0.25, -0.2) is 4.79 Å². The highest BCUT2D eigenvalue weighted by Crippen LogP contribution is 2.34. The summed E-state index contributed by atoms with van der Waals surface area (Å²) in [5.74, 6) is 0.308. The molecule has 1 heterocycles. The molecular weight excluding hydrogens is 333 g/mol. The van der Waals surface area contributed by atoms with Crippen LogP contribution >= 0.6 is 0 Å². The number of halogens is 3. The van der Waals surface area contributed by atoms with Crippen LogP contribution in [0.25, 0.3) is 17.0 Å². The first-order valence-corrected chi connectivity index (χ1v) is 7.36. The van der Waals surface area contributed by atoms with E-state index in [0.29, 0.717) is 11.8 Å². The largest absolute Gasteiger partial charge is 0.489 e. The van der Waals surface area contributed by atoms with Crippen molar-refractivity contribution in [3.63, 3.8) is 0 Å². The summed E-state index contributed by atoms with van der Waals surface area (Å²) in [5, 5.41) is -0.185. The fourth-order valence-corrected chi connectivity index (χ4v) is 2.38. The molecule has 128 valence electrons. The van der Waals surface area contributed by atoms with Gasteiger partial charge in [0.05, 0.1) is 5.56 Å². The Morgan fingerprint density at radius 3 is 2.44 bits per heavy atom. The fourth-order valence-electron chi connectivity index (χ4n) is 2.38.